The predicted octanol–water partition coefficient (Wildman–Crippen LogP) is 4.32. The Balaban J connectivity index is 1.60. The molecule has 3 nitrogen and oxygen atoms in total. The van der Waals surface area contributed by atoms with Crippen LogP contribution in [0.15, 0.2) is 0 Å². The van der Waals surface area contributed by atoms with Crippen molar-refractivity contribution in [3.05, 3.63) is 0 Å². The lowest BCUT2D eigenvalue weighted by Gasteiger charge is -2.60. The molecule has 0 radical (unpaired) electrons. The van der Waals surface area contributed by atoms with E-state index in [2.05, 4.69) is 13.8 Å². The van der Waals surface area contributed by atoms with Crippen LogP contribution in [0.2, 0.25) is 0 Å². The molecule has 4 saturated carbocycles. The Kier molecular flexibility index (Phi) is 4.02. The van der Waals surface area contributed by atoms with E-state index in [1.165, 1.54) is 51.9 Å². The number of hydrogen-bond acceptors (Lipinski definition) is 3. The number of fused-ring (bicyclic) bond motifs is 5. The van der Waals surface area contributed by atoms with Gasteiger partial charge in [-0.15, -0.1) is 0 Å². The number of carbonyl (C=O) groups is 1. The van der Waals surface area contributed by atoms with Crippen LogP contribution in [-0.4, -0.2) is 23.3 Å². The number of carbonyl (C=O) groups excluding carboxylic acids is 1. The molecule has 0 unspecified atom stereocenters. The van der Waals surface area contributed by atoms with E-state index in [0.717, 1.165) is 30.6 Å². The second-order valence-corrected chi connectivity index (χ2v) is 9.78. The average molecular weight is 335 g/mol. The fourth-order valence-electron chi connectivity index (χ4n) is 7.58. The van der Waals surface area contributed by atoms with Gasteiger partial charge in [0.25, 0.3) is 0 Å². The summed E-state index contributed by atoms with van der Waals surface area (Å²) in [6.45, 7) is 6.30. The molecule has 0 aromatic carbocycles. The maximum absolute atomic E-state index is 11.4. The van der Waals surface area contributed by atoms with E-state index in [9.17, 15) is 9.90 Å². The molecule has 0 aliphatic heterocycles. The van der Waals surface area contributed by atoms with E-state index in [4.69, 9.17) is 4.74 Å². The summed E-state index contributed by atoms with van der Waals surface area (Å²) in [5.41, 5.74) is 0.464. The maximum Gasteiger partial charge on any atom is 0.302 e. The smallest absolute Gasteiger partial charge is 0.302 e. The summed E-state index contributed by atoms with van der Waals surface area (Å²) in [5.74, 6) is 2.74. The van der Waals surface area contributed by atoms with Crippen LogP contribution in [0.3, 0.4) is 0 Å². The standard InChI is InChI=1S/C21H34O3/c1-13(22)24-18-12-17-15-8-7-14-6-4-5-10-20(14,2)16(15)9-11-21(17,3)19(18)23/h14-19,23H,4-12H2,1-3H3/t14-,15-,16+,17+,18-,19+,20+,21+/m1/s1. The Morgan fingerprint density at radius 2 is 1.79 bits per heavy atom. The van der Waals surface area contributed by atoms with Crippen LogP contribution in [-0.2, 0) is 9.53 Å². The Hall–Kier alpha value is -0.570. The predicted molar refractivity (Wildman–Crippen MR) is 93.3 cm³/mol. The molecule has 4 aliphatic rings. The monoisotopic (exact) mass is 334 g/mol. The molecule has 0 aromatic rings. The van der Waals surface area contributed by atoms with Gasteiger partial charge in [0.2, 0.25) is 0 Å². The third-order valence-corrected chi connectivity index (χ3v) is 8.85. The van der Waals surface area contributed by atoms with Crippen LogP contribution in [0.1, 0.15) is 78.6 Å². The minimum absolute atomic E-state index is 0.0564. The van der Waals surface area contributed by atoms with E-state index in [0.29, 0.717) is 11.3 Å². The Morgan fingerprint density at radius 3 is 2.54 bits per heavy atom. The average Bonchev–Trinajstić information content (AvgIpc) is 2.78. The second kappa shape index (κ2) is 5.72. The number of aliphatic hydroxyl groups excluding tert-OH is 1. The highest BCUT2D eigenvalue weighted by Crippen LogP contribution is 2.66. The summed E-state index contributed by atoms with van der Waals surface area (Å²) in [6.07, 6.45) is 10.8. The number of hydrogen-bond donors (Lipinski definition) is 1. The molecule has 136 valence electrons. The highest BCUT2D eigenvalue weighted by molar-refractivity contribution is 5.66. The van der Waals surface area contributed by atoms with Gasteiger partial charge in [0.1, 0.15) is 6.10 Å². The lowest BCUT2D eigenvalue weighted by atomic mass is 9.45. The minimum Gasteiger partial charge on any atom is -0.460 e. The van der Waals surface area contributed by atoms with Gasteiger partial charge < -0.3 is 9.84 Å². The molecule has 0 heterocycles. The topological polar surface area (TPSA) is 46.5 Å². The SMILES string of the molecule is CC(=O)O[C@@H]1C[C@H]2[C@@H]3CC[C@H]4CCCC[C@]4(C)[C@H]3CC[C@]2(C)[C@H]1O. The molecule has 4 rings (SSSR count). The molecule has 0 saturated heterocycles. The molecule has 8 atom stereocenters. The molecule has 0 spiro atoms. The Labute approximate surface area is 146 Å². The van der Waals surface area contributed by atoms with Gasteiger partial charge in [-0.1, -0.05) is 26.7 Å². The first-order chi connectivity index (χ1) is 11.4. The second-order valence-electron chi connectivity index (χ2n) is 9.78. The van der Waals surface area contributed by atoms with Crippen molar-refractivity contribution in [2.45, 2.75) is 90.8 Å². The minimum atomic E-state index is -0.482. The number of rotatable bonds is 1. The highest BCUT2D eigenvalue weighted by atomic mass is 16.6. The van der Waals surface area contributed by atoms with Gasteiger partial charge in [-0.3, -0.25) is 4.79 Å². The lowest BCUT2D eigenvalue weighted by molar-refractivity contribution is -0.154. The van der Waals surface area contributed by atoms with Crippen molar-refractivity contribution in [3.8, 4) is 0 Å². The van der Waals surface area contributed by atoms with Crippen molar-refractivity contribution in [3.63, 3.8) is 0 Å². The largest absolute Gasteiger partial charge is 0.460 e. The van der Waals surface area contributed by atoms with Crippen LogP contribution in [0.25, 0.3) is 0 Å². The molecule has 4 aliphatic carbocycles. The molecule has 3 heteroatoms. The molecule has 0 aromatic heterocycles. The summed E-state index contributed by atoms with van der Waals surface area (Å²) in [4.78, 5) is 11.4. The van der Waals surface area contributed by atoms with Gasteiger partial charge in [-0.2, -0.15) is 0 Å². The molecule has 4 fully saturated rings. The van der Waals surface area contributed by atoms with Crippen LogP contribution in [0.5, 0.6) is 0 Å². The summed E-state index contributed by atoms with van der Waals surface area (Å²) in [5, 5.41) is 10.9. The van der Waals surface area contributed by atoms with E-state index in [1.807, 2.05) is 0 Å². The van der Waals surface area contributed by atoms with E-state index >= 15 is 0 Å². The third-order valence-electron chi connectivity index (χ3n) is 8.85. The first-order valence-electron chi connectivity index (χ1n) is 10.2. The molecule has 1 N–H and O–H groups in total. The molecular formula is C21H34O3. The van der Waals surface area contributed by atoms with Crippen molar-refractivity contribution < 1.29 is 14.6 Å². The zero-order chi connectivity index (χ0) is 17.1. The molecule has 0 amide bonds. The number of esters is 1. The quantitative estimate of drug-likeness (QED) is 0.726. The Morgan fingerprint density at radius 1 is 1.00 bits per heavy atom. The van der Waals surface area contributed by atoms with E-state index in [-0.39, 0.29) is 17.5 Å². The molecular weight excluding hydrogens is 300 g/mol. The van der Waals surface area contributed by atoms with Gasteiger partial charge >= 0.3 is 5.97 Å². The summed E-state index contributed by atoms with van der Waals surface area (Å²) in [6, 6.07) is 0. The van der Waals surface area contributed by atoms with Crippen LogP contribution < -0.4 is 0 Å². The van der Waals surface area contributed by atoms with Crippen molar-refractivity contribution in [1.82, 2.24) is 0 Å². The Bertz CT molecular complexity index is 517. The molecule has 0 bridgehead atoms. The van der Waals surface area contributed by atoms with E-state index in [1.54, 1.807) is 0 Å². The fraction of sp³-hybridized carbons (Fsp3) is 0.952. The highest BCUT2D eigenvalue weighted by Gasteiger charge is 2.62. The molecule has 24 heavy (non-hydrogen) atoms. The lowest BCUT2D eigenvalue weighted by Crippen LogP contribution is -2.53. The first-order valence-corrected chi connectivity index (χ1v) is 10.2. The van der Waals surface area contributed by atoms with Crippen LogP contribution in [0, 0.1) is 34.5 Å². The van der Waals surface area contributed by atoms with Crippen molar-refractivity contribution in [1.29, 1.82) is 0 Å². The zero-order valence-electron chi connectivity index (χ0n) is 15.6. The van der Waals surface area contributed by atoms with Gasteiger partial charge in [0.05, 0.1) is 6.10 Å². The van der Waals surface area contributed by atoms with Crippen LogP contribution in [0.4, 0.5) is 0 Å². The van der Waals surface area contributed by atoms with Gasteiger partial charge in [-0.25, -0.2) is 0 Å². The fourth-order valence-corrected chi connectivity index (χ4v) is 7.58. The van der Waals surface area contributed by atoms with E-state index < -0.39 is 6.10 Å². The summed E-state index contributed by atoms with van der Waals surface area (Å²) < 4.78 is 5.50. The summed E-state index contributed by atoms with van der Waals surface area (Å²) in [7, 11) is 0. The normalized spacial score (nSPS) is 53.7. The number of ether oxygens (including phenoxy) is 1. The zero-order valence-corrected chi connectivity index (χ0v) is 15.6. The van der Waals surface area contributed by atoms with Gasteiger partial charge in [0.15, 0.2) is 0 Å². The number of aliphatic hydroxyl groups is 1. The summed E-state index contributed by atoms with van der Waals surface area (Å²) >= 11 is 0. The van der Waals surface area contributed by atoms with Crippen molar-refractivity contribution in [2.24, 2.45) is 34.5 Å². The van der Waals surface area contributed by atoms with Gasteiger partial charge in [0, 0.05) is 12.3 Å². The third kappa shape index (κ3) is 2.29. The van der Waals surface area contributed by atoms with Crippen molar-refractivity contribution in [2.75, 3.05) is 0 Å². The first kappa shape index (κ1) is 16.9. The van der Waals surface area contributed by atoms with Crippen molar-refractivity contribution >= 4 is 5.97 Å². The van der Waals surface area contributed by atoms with Crippen LogP contribution >= 0.6 is 0 Å². The maximum atomic E-state index is 11.4. The van der Waals surface area contributed by atoms with Gasteiger partial charge in [-0.05, 0) is 74.0 Å².